The summed E-state index contributed by atoms with van der Waals surface area (Å²) in [5.74, 6) is -1.25. The van der Waals surface area contributed by atoms with E-state index < -0.39 is 29.9 Å². The summed E-state index contributed by atoms with van der Waals surface area (Å²) in [5, 5.41) is 9.75. The molecule has 2 aromatic carbocycles. The predicted octanol–water partition coefficient (Wildman–Crippen LogP) is 5.12. The van der Waals surface area contributed by atoms with Crippen LogP contribution in [0.15, 0.2) is 48.5 Å². The van der Waals surface area contributed by atoms with E-state index in [0.29, 0.717) is 28.9 Å². The van der Waals surface area contributed by atoms with Crippen molar-refractivity contribution in [3.63, 3.8) is 0 Å². The Kier molecular flexibility index (Phi) is 8.70. The highest BCUT2D eigenvalue weighted by Crippen LogP contribution is 2.31. The Bertz CT molecular complexity index is 1220. The topological polar surface area (TPSA) is 85.3 Å². The molecule has 3 rings (SSSR count). The lowest BCUT2D eigenvalue weighted by Crippen LogP contribution is -2.29. The predicted molar refractivity (Wildman–Crippen MR) is 126 cm³/mol. The van der Waals surface area contributed by atoms with Crippen LogP contribution < -0.4 is 10.6 Å². The Morgan fingerprint density at radius 1 is 1.17 bits per heavy atom. The number of benzene rings is 2. The summed E-state index contributed by atoms with van der Waals surface area (Å²) in [4.78, 5) is 23.0. The average Bonchev–Trinajstić information content (AvgIpc) is 3.24. The number of carbonyl (C=O) groups excluding carboxylic acids is 2. The standard InChI is InChI=1S/C24H23ClF4N4O3/c1-14(11-30-13-34)23(35)31-22-10-21(33(32-22)20-5-3-19(26)4-6-20)17-7-16(8-18(25)9-17)12-36-15(2)24(27,28)29/h3-10,13-15H,11-12H2,1-2H3,(H,30,34)(H,31,32,35)/t14-,15-/m1/s1. The summed E-state index contributed by atoms with van der Waals surface area (Å²) in [6, 6.07) is 11.6. The van der Waals surface area contributed by atoms with Gasteiger partial charge in [0.2, 0.25) is 12.3 Å². The molecule has 1 heterocycles. The second-order valence-corrected chi connectivity index (χ2v) is 8.50. The number of nitrogens with one attached hydrogen (secondary N) is 2. The molecule has 192 valence electrons. The average molecular weight is 527 g/mol. The van der Waals surface area contributed by atoms with Crippen LogP contribution in [0.25, 0.3) is 16.9 Å². The normalized spacial score (nSPS) is 13.2. The number of nitrogens with zero attached hydrogens (tertiary/aromatic N) is 2. The van der Waals surface area contributed by atoms with Crippen molar-refractivity contribution in [1.82, 2.24) is 15.1 Å². The Morgan fingerprint density at radius 3 is 2.50 bits per heavy atom. The Morgan fingerprint density at radius 2 is 1.86 bits per heavy atom. The van der Waals surface area contributed by atoms with Gasteiger partial charge in [-0.05, 0) is 55.0 Å². The summed E-state index contributed by atoms with van der Waals surface area (Å²) in [6.45, 7) is 2.31. The van der Waals surface area contributed by atoms with Gasteiger partial charge in [0.15, 0.2) is 11.9 Å². The first kappa shape index (κ1) is 27.2. The molecule has 36 heavy (non-hydrogen) atoms. The Hall–Kier alpha value is -3.44. The van der Waals surface area contributed by atoms with E-state index in [1.807, 2.05) is 0 Å². The van der Waals surface area contributed by atoms with Gasteiger partial charge in [0, 0.05) is 23.2 Å². The van der Waals surface area contributed by atoms with Gasteiger partial charge in [0.05, 0.1) is 23.9 Å². The maximum absolute atomic E-state index is 13.5. The van der Waals surface area contributed by atoms with Crippen molar-refractivity contribution in [3.05, 3.63) is 64.9 Å². The van der Waals surface area contributed by atoms with Crippen LogP contribution in [0.5, 0.6) is 0 Å². The minimum atomic E-state index is -4.51. The molecule has 3 aromatic rings. The van der Waals surface area contributed by atoms with E-state index in [1.165, 1.54) is 35.0 Å². The van der Waals surface area contributed by atoms with Crippen LogP contribution in [0.1, 0.15) is 19.4 Å². The molecular formula is C24H23ClF4N4O3. The van der Waals surface area contributed by atoms with Crippen molar-refractivity contribution in [3.8, 4) is 16.9 Å². The van der Waals surface area contributed by atoms with Gasteiger partial charge in [0.25, 0.3) is 0 Å². The van der Waals surface area contributed by atoms with E-state index in [-0.39, 0.29) is 24.0 Å². The highest BCUT2D eigenvalue weighted by molar-refractivity contribution is 6.31. The molecule has 0 aliphatic carbocycles. The number of halogens is 5. The zero-order valence-electron chi connectivity index (χ0n) is 19.3. The molecule has 0 fully saturated rings. The van der Waals surface area contributed by atoms with Gasteiger partial charge in [-0.15, -0.1) is 5.10 Å². The lowest BCUT2D eigenvalue weighted by molar-refractivity contribution is -0.217. The van der Waals surface area contributed by atoms with Gasteiger partial charge < -0.3 is 15.4 Å². The lowest BCUT2D eigenvalue weighted by Gasteiger charge is -2.17. The molecule has 0 saturated carbocycles. The van der Waals surface area contributed by atoms with Crippen molar-refractivity contribution in [2.45, 2.75) is 32.7 Å². The van der Waals surface area contributed by atoms with Crippen molar-refractivity contribution in [2.24, 2.45) is 5.92 Å². The maximum atomic E-state index is 13.5. The zero-order valence-corrected chi connectivity index (χ0v) is 20.0. The molecule has 2 amide bonds. The SMILES string of the molecule is C[C@H](CNC=O)C(=O)Nc1cc(-c2cc(Cl)cc(CO[C@H](C)C(F)(F)F)c2)n(-c2ccc(F)cc2)n1. The third kappa shape index (κ3) is 7.05. The summed E-state index contributed by atoms with van der Waals surface area (Å²) in [5.41, 5.74) is 1.77. The molecule has 7 nitrogen and oxygen atoms in total. The van der Waals surface area contributed by atoms with Gasteiger partial charge in [-0.1, -0.05) is 18.5 Å². The lowest BCUT2D eigenvalue weighted by atomic mass is 10.1. The van der Waals surface area contributed by atoms with Gasteiger partial charge >= 0.3 is 6.18 Å². The van der Waals surface area contributed by atoms with Gasteiger partial charge in [-0.2, -0.15) is 13.2 Å². The van der Waals surface area contributed by atoms with Gasteiger partial charge in [-0.3, -0.25) is 9.59 Å². The number of alkyl halides is 3. The summed E-state index contributed by atoms with van der Waals surface area (Å²) < 4.78 is 58.4. The van der Waals surface area contributed by atoms with Crippen molar-refractivity contribution >= 4 is 29.7 Å². The van der Waals surface area contributed by atoms with E-state index in [0.717, 1.165) is 6.92 Å². The fourth-order valence-corrected chi connectivity index (χ4v) is 3.45. The van der Waals surface area contributed by atoms with Crippen LogP contribution in [-0.4, -0.2) is 40.9 Å². The minimum absolute atomic E-state index is 0.120. The molecule has 0 bridgehead atoms. The maximum Gasteiger partial charge on any atom is 0.414 e. The summed E-state index contributed by atoms with van der Waals surface area (Å²) in [7, 11) is 0. The van der Waals surface area contributed by atoms with Crippen LogP contribution in [0.2, 0.25) is 5.02 Å². The number of anilines is 1. The van der Waals surface area contributed by atoms with Crippen LogP contribution in [0, 0.1) is 11.7 Å². The van der Waals surface area contributed by atoms with Crippen molar-refractivity contribution in [1.29, 1.82) is 0 Å². The number of ether oxygens (including phenoxy) is 1. The number of aromatic nitrogens is 2. The molecule has 0 spiro atoms. The summed E-state index contributed by atoms with van der Waals surface area (Å²) in [6.07, 6.45) is -5.99. The molecule has 0 unspecified atom stereocenters. The van der Waals surface area contributed by atoms with E-state index in [9.17, 15) is 27.2 Å². The second-order valence-electron chi connectivity index (χ2n) is 8.06. The van der Waals surface area contributed by atoms with Crippen LogP contribution in [-0.2, 0) is 20.9 Å². The smallest absolute Gasteiger partial charge is 0.364 e. The third-order valence-electron chi connectivity index (χ3n) is 5.20. The van der Waals surface area contributed by atoms with Crippen molar-refractivity contribution < 1.29 is 31.9 Å². The zero-order chi connectivity index (χ0) is 26.5. The number of amides is 2. The number of rotatable bonds is 10. The molecule has 2 atom stereocenters. The van der Waals surface area contributed by atoms with E-state index >= 15 is 0 Å². The molecule has 0 aliphatic rings. The van der Waals surface area contributed by atoms with E-state index in [4.69, 9.17) is 16.3 Å². The molecule has 2 N–H and O–H groups in total. The molecule has 0 saturated heterocycles. The van der Waals surface area contributed by atoms with E-state index in [1.54, 1.807) is 25.1 Å². The largest absolute Gasteiger partial charge is 0.414 e. The molecule has 0 aliphatic heterocycles. The fraction of sp³-hybridized carbons (Fsp3) is 0.292. The first-order valence-electron chi connectivity index (χ1n) is 10.8. The van der Waals surface area contributed by atoms with Gasteiger partial charge in [0.1, 0.15) is 5.82 Å². The number of hydrogen-bond acceptors (Lipinski definition) is 4. The van der Waals surface area contributed by atoms with Crippen LogP contribution >= 0.6 is 11.6 Å². The minimum Gasteiger partial charge on any atom is -0.364 e. The van der Waals surface area contributed by atoms with Crippen molar-refractivity contribution in [2.75, 3.05) is 11.9 Å². The molecule has 0 radical (unpaired) electrons. The highest BCUT2D eigenvalue weighted by Gasteiger charge is 2.36. The Balaban J connectivity index is 1.97. The third-order valence-corrected chi connectivity index (χ3v) is 5.42. The monoisotopic (exact) mass is 526 g/mol. The molecule has 12 heteroatoms. The number of hydrogen-bond donors (Lipinski definition) is 2. The van der Waals surface area contributed by atoms with Crippen LogP contribution in [0.3, 0.4) is 0 Å². The first-order valence-corrected chi connectivity index (χ1v) is 11.2. The Labute approximate surface area is 209 Å². The van der Waals surface area contributed by atoms with Gasteiger partial charge in [-0.25, -0.2) is 9.07 Å². The van der Waals surface area contributed by atoms with Crippen LogP contribution in [0.4, 0.5) is 23.4 Å². The fourth-order valence-electron chi connectivity index (χ4n) is 3.19. The first-order chi connectivity index (χ1) is 17.0. The number of carbonyl (C=O) groups is 2. The molecule has 1 aromatic heterocycles. The highest BCUT2D eigenvalue weighted by atomic mass is 35.5. The quantitative estimate of drug-likeness (QED) is 0.284. The summed E-state index contributed by atoms with van der Waals surface area (Å²) >= 11 is 6.24. The van der Waals surface area contributed by atoms with E-state index in [2.05, 4.69) is 15.7 Å². The second kappa shape index (κ2) is 11.5. The molecular weight excluding hydrogens is 504 g/mol.